The highest BCUT2D eigenvalue weighted by atomic mass is 15.3. The Morgan fingerprint density at radius 1 is 1.40 bits per heavy atom. The predicted octanol–water partition coefficient (Wildman–Crippen LogP) is -0.0803. The van der Waals surface area contributed by atoms with Crippen molar-refractivity contribution in [2.75, 3.05) is 26.2 Å². The lowest BCUT2D eigenvalue weighted by molar-refractivity contribution is 0.202. The second kappa shape index (κ2) is 5.55. The lowest BCUT2D eigenvalue weighted by Crippen LogP contribution is -2.42. The molecule has 0 aromatic heterocycles. The maximum absolute atomic E-state index is 8.87. The van der Waals surface area contributed by atoms with Crippen LogP contribution in [-0.2, 0) is 0 Å². The van der Waals surface area contributed by atoms with Crippen LogP contribution in [0.25, 0.3) is 0 Å². The van der Waals surface area contributed by atoms with E-state index in [0.717, 1.165) is 13.1 Å². The van der Waals surface area contributed by atoms with Crippen LogP contribution in [0.4, 0.5) is 0 Å². The lowest BCUT2D eigenvalue weighted by atomic mass is 10.1. The smallest absolute Gasteiger partial charge is 0.179 e. The molecule has 1 heterocycles. The zero-order valence-electron chi connectivity index (χ0n) is 9.06. The van der Waals surface area contributed by atoms with Gasteiger partial charge in [0.25, 0.3) is 0 Å². The molecule has 2 N–H and O–H groups in total. The van der Waals surface area contributed by atoms with Crippen LogP contribution in [0.5, 0.6) is 0 Å². The van der Waals surface area contributed by atoms with Crippen LogP contribution in [0.2, 0.25) is 0 Å². The quantitative estimate of drug-likeness (QED) is 0.641. The van der Waals surface area contributed by atoms with Gasteiger partial charge in [-0.05, 0) is 6.92 Å². The van der Waals surface area contributed by atoms with Crippen LogP contribution in [0.3, 0.4) is 0 Å². The van der Waals surface area contributed by atoms with Crippen LogP contribution in [0.1, 0.15) is 13.3 Å². The third-order valence-electron chi connectivity index (χ3n) is 2.73. The zero-order chi connectivity index (χ0) is 11.3. The summed E-state index contributed by atoms with van der Waals surface area (Å²) in [7, 11) is 0. The van der Waals surface area contributed by atoms with E-state index in [1.807, 2.05) is 6.92 Å². The second-order valence-electron chi connectivity index (χ2n) is 4.01. The third kappa shape index (κ3) is 3.39. The van der Waals surface area contributed by atoms with Gasteiger partial charge in [0, 0.05) is 38.5 Å². The van der Waals surface area contributed by atoms with Crippen molar-refractivity contribution >= 4 is 0 Å². The van der Waals surface area contributed by atoms with Crippen LogP contribution in [0.15, 0.2) is 0 Å². The minimum Gasteiger partial charge on any atom is -0.316 e. The Hall–Kier alpha value is -1.30. The normalized spacial score (nSPS) is 25.1. The van der Waals surface area contributed by atoms with Gasteiger partial charge in [0.1, 0.15) is 0 Å². The summed E-state index contributed by atoms with van der Waals surface area (Å²) < 4.78 is 0. The average molecular weight is 207 g/mol. The van der Waals surface area contributed by atoms with E-state index in [4.69, 9.17) is 16.3 Å². The van der Waals surface area contributed by atoms with Gasteiger partial charge in [0.05, 0.1) is 12.2 Å². The first kappa shape index (κ1) is 11.8. The highest BCUT2D eigenvalue weighted by Gasteiger charge is 2.23. The molecule has 5 nitrogen and oxygen atoms in total. The summed E-state index contributed by atoms with van der Waals surface area (Å²) >= 11 is 0. The molecule has 0 bridgehead atoms. The van der Waals surface area contributed by atoms with Gasteiger partial charge in [-0.3, -0.25) is 4.90 Å². The van der Waals surface area contributed by atoms with Crippen LogP contribution < -0.4 is 5.73 Å². The zero-order valence-corrected chi connectivity index (χ0v) is 9.06. The van der Waals surface area contributed by atoms with E-state index >= 15 is 0 Å². The van der Waals surface area contributed by atoms with E-state index in [9.17, 15) is 0 Å². The van der Waals surface area contributed by atoms with E-state index in [2.05, 4.69) is 17.2 Å². The number of nitrogens with zero attached hydrogens (tertiary/aromatic N) is 4. The summed E-state index contributed by atoms with van der Waals surface area (Å²) in [6.07, 6.45) is 2.63. The summed E-state index contributed by atoms with van der Waals surface area (Å²) in [4.78, 5) is 3.84. The van der Waals surface area contributed by atoms with Crippen LogP contribution in [0, 0.1) is 28.7 Å². The van der Waals surface area contributed by atoms with E-state index < -0.39 is 0 Å². The van der Waals surface area contributed by atoms with Crippen molar-refractivity contribution in [1.82, 2.24) is 9.80 Å². The molecule has 15 heavy (non-hydrogen) atoms. The van der Waals surface area contributed by atoms with Crippen molar-refractivity contribution in [1.29, 1.82) is 10.5 Å². The molecule has 1 saturated heterocycles. The highest BCUT2D eigenvalue weighted by Crippen LogP contribution is 2.12. The summed E-state index contributed by atoms with van der Waals surface area (Å²) in [6.45, 7) is 4.93. The lowest BCUT2D eigenvalue weighted by Gasteiger charge is -2.25. The Labute approximate surface area is 90.7 Å². The molecule has 82 valence electrons. The largest absolute Gasteiger partial charge is 0.316 e. The van der Waals surface area contributed by atoms with E-state index in [1.165, 1.54) is 0 Å². The second-order valence-corrected chi connectivity index (χ2v) is 4.01. The maximum Gasteiger partial charge on any atom is 0.179 e. The predicted molar refractivity (Wildman–Crippen MR) is 56.1 cm³/mol. The molecule has 1 fully saturated rings. The van der Waals surface area contributed by atoms with Crippen molar-refractivity contribution in [3.8, 4) is 12.3 Å². The molecule has 0 amide bonds. The summed E-state index contributed by atoms with van der Waals surface area (Å²) in [5.74, 6) is 0.225. The van der Waals surface area contributed by atoms with Gasteiger partial charge in [0.15, 0.2) is 6.19 Å². The molecule has 5 heteroatoms. The standard InChI is InChI=1S/C10H17N5/c1-9(13)15-5-4-14(8-12)6-10(7-15)2-3-11/h9-10H,2,4-7,13H2,1H3/t9-,10?/m1/s1. The summed E-state index contributed by atoms with van der Waals surface area (Å²) in [5.41, 5.74) is 5.82. The number of nitrogens with two attached hydrogens (primary N) is 1. The Bertz CT molecular complexity index is 275. The molecular weight excluding hydrogens is 190 g/mol. The Morgan fingerprint density at radius 3 is 2.67 bits per heavy atom. The molecule has 0 spiro atoms. The van der Waals surface area contributed by atoms with Crippen molar-refractivity contribution in [2.24, 2.45) is 11.7 Å². The van der Waals surface area contributed by atoms with Gasteiger partial charge in [0.2, 0.25) is 0 Å². The van der Waals surface area contributed by atoms with Gasteiger partial charge in [-0.15, -0.1) is 0 Å². The molecule has 0 aromatic rings. The fourth-order valence-electron chi connectivity index (χ4n) is 1.85. The van der Waals surface area contributed by atoms with Crippen molar-refractivity contribution in [2.45, 2.75) is 19.5 Å². The minimum atomic E-state index is -0.00941. The highest BCUT2D eigenvalue weighted by molar-refractivity contribution is 4.88. The maximum atomic E-state index is 8.87. The van der Waals surface area contributed by atoms with Crippen LogP contribution >= 0.6 is 0 Å². The Kier molecular flexibility index (Phi) is 4.36. The van der Waals surface area contributed by atoms with Crippen LogP contribution in [-0.4, -0.2) is 42.1 Å². The minimum absolute atomic E-state index is 0.00941. The number of nitriles is 2. The first-order valence-electron chi connectivity index (χ1n) is 5.18. The first-order chi connectivity index (χ1) is 7.17. The van der Waals surface area contributed by atoms with Gasteiger partial charge >= 0.3 is 0 Å². The molecule has 1 aliphatic heterocycles. The van der Waals surface area contributed by atoms with Crippen molar-refractivity contribution in [3.63, 3.8) is 0 Å². The van der Waals surface area contributed by atoms with Crippen molar-refractivity contribution < 1.29 is 0 Å². The molecule has 0 aromatic carbocycles. The third-order valence-corrected chi connectivity index (χ3v) is 2.73. The Morgan fingerprint density at radius 2 is 2.13 bits per heavy atom. The molecule has 1 aliphatic rings. The van der Waals surface area contributed by atoms with Gasteiger partial charge in [-0.25, -0.2) is 0 Å². The topological polar surface area (TPSA) is 80.1 Å². The summed E-state index contributed by atoms with van der Waals surface area (Å²) in [6, 6.07) is 2.17. The molecule has 2 atom stereocenters. The fraction of sp³-hybridized carbons (Fsp3) is 0.800. The number of hydrogen-bond donors (Lipinski definition) is 1. The van der Waals surface area contributed by atoms with Gasteiger partial charge < -0.3 is 10.6 Å². The van der Waals surface area contributed by atoms with Gasteiger partial charge in [-0.2, -0.15) is 10.5 Å². The molecule has 1 unspecified atom stereocenters. The Balaban J connectivity index is 2.63. The molecule has 0 radical (unpaired) electrons. The number of rotatable bonds is 2. The van der Waals surface area contributed by atoms with Crippen molar-refractivity contribution in [3.05, 3.63) is 0 Å². The monoisotopic (exact) mass is 207 g/mol. The SMILES string of the molecule is C[C@H](N)N1CCN(C#N)CC(CC#N)C1. The van der Waals surface area contributed by atoms with E-state index in [-0.39, 0.29) is 12.1 Å². The summed E-state index contributed by atoms with van der Waals surface area (Å²) in [5, 5.41) is 17.6. The fourth-order valence-corrected chi connectivity index (χ4v) is 1.85. The average Bonchev–Trinajstić information content (AvgIpc) is 2.40. The molecule has 1 rings (SSSR count). The van der Waals surface area contributed by atoms with E-state index in [0.29, 0.717) is 19.5 Å². The molecular formula is C10H17N5. The molecule has 0 aliphatic carbocycles. The van der Waals surface area contributed by atoms with E-state index in [1.54, 1.807) is 4.90 Å². The number of hydrogen-bond acceptors (Lipinski definition) is 5. The molecule has 0 saturated carbocycles. The van der Waals surface area contributed by atoms with Gasteiger partial charge in [-0.1, -0.05) is 0 Å². The first-order valence-corrected chi connectivity index (χ1v) is 5.18.